The van der Waals surface area contributed by atoms with Crippen LogP contribution in [0, 0.1) is 0 Å². The van der Waals surface area contributed by atoms with Crippen molar-refractivity contribution in [3.63, 3.8) is 0 Å². The zero-order valence-corrected chi connectivity index (χ0v) is 17.5. The SMILES string of the molecule is CCn1c(=O)[nH]c2cc(C(=O)N3c4ccccc4CCC3CN(C)C)ccc2c1=O. The summed E-state index contributed by atoms with van der Waals surface area (Å²) in [5.74, 6) is -0.128. The highest BCUT2D eigenvalue weighted by Crippen LogP contribution is 2.32. The van der Waals surface area contributed by atoms with Crippen LogP contribution in [0.15, 0.2) is 52.1 Å². The maximum atomic E-state index is 13.6. The molecular formula is C23H26N4O3. The van der Waals surface area contributed by atoms with Gasteiger partial charge in [-0.15, -0.1) is 0 Å². The van der Waals surface area contributed by atoms with Crippen molar-refractivity contribution in [1.82, 2.24) is 14.5 Å². The number of nitrogens with one attached hydrogen (secondary N) is 1. The number of likely N-dealkylation sites (N-methyl/N-ethyl adjacent to an activating group) is 1. The van der Waals surface area contributed by atoms with E-state index >= 15 is 0 Å². The van der Waals surface area contributed by atoms with Crippen LogP contribution in [0.3, 0.4) is 0 Å². The normalized spacial score (nSPS) is 16.1. The van der Waals surface area contributed by atoms with E-state index in [1.165, 1.54) is 0 Å². The topological polar surface area (TPSA) is 78.4 Å². The lowest BCUT2D eigenvalue weighted by Crippen LogP contribution is -2.48. The molecule has 7 nitrogen and oxygen atoms in total. The zero-order chi connectivity index (χ0) is 21.4. The smallest absolute Gasteiger partial charge is 0.307 e. The van der Waals surface area contributed by atoms with E-state index in [0.29, 0.717) is 23.0 Å². The van der Waals surface area contributed by atoms with Gasteiger partial charge in [0, 0.05) is 24.3 Å². The summed E-state index contributed by atoms with van der Waals surface area (Å²) < 4.78 is 1.15. The van der Waals surface area contributed by atoms with Crippen LogP contribution in [0.2, 0.25) is 0 Å². The lowest BCUT2D eigenvalue weighted by Gasteiger charge is -2.38. The molecule has 2 aromatic carbocycles. The molecule has 0 fully saturated rings. The number of amides is 1. The molecule has 156 valence electrons. The van der Waals surface area contributed by atoms with E-state index in [2.05, 4.69) is 16.0 Å². The van der Waals surface area contributed by atoms with E-state index in [0.717, 1.165) is 35.2 Å². The van der Waals surface area contributed by atoms with Crippen LogP contribution in [0.1, 0.15) is 29.3 Å². The Hall–Kier alpha value is -3.19. The van der Waals surface area contributed by atoms with Crippen LogP contribution < -0.4 is 16.1 Å². The lowest BCUT2D eigenvalue weighted by atomic mass is 9.94. The number of benzene rings is 2. The van der Waals surface area contributed by atoms with Crippen molar-refractivity contribution in [2.24, 2.45) is 0 Å². The number of rotatable bonds is 4. The maximum Gasteiger partial charge on any atom is 0.328 e. The fourth-order valence-electron chi connectivity index (χ4n) is 4.29. The number of carbonyl (C=O) groups is 1. The zero-order valence-electron chi connectivity index (χ0n) is 17.5. The summed E-state index contributed by atoms with van der Waals surface area (Å²) in [4.78, 5) is 45.1. The Labute approximate surface area is 174 Å². The van der Waals surface area contributed by atoms with Crippen molar-refractivity contribution in [3.8, 4) is 0 Å². The highest BCUT2D eigenvalue weighted by atomic mass is 16.2. The number of aryl methyl sites for hydroxylation is 1. The average molecular weight is 406 g/mol. The van der Waals surface area contributed by atoms with Crippen molar-refractivity contribution >= 4 is 22.5 Å². The van der Waals surface area contributed by atoms with E-state index in [9.17, 15) is 14.4 Å². The third-order valence-corrected chi connectivity index (χ3v) is 5.70. The number of H-pyrrole nitrogens is 1. The van der Waals surface area contributed by atoms with Crippen molar-refractivity contribution in [3.05, 3.63) is 74.4 Å². The summed E-state index contributed by atoms with van der Waals surface area (Å²) in [6, 6.07) is 13.0. The summed E-state index contributed by atoms with van der Waals surface area (Å²) in [7, 11) is 4.01. The Morgan fingerprint density at radius 2 is 1.93 bits per heavy atom. The average Bonchev–Trinajstić information content (AvgIpc) is 2.72. The molecule has 1 aliphatic heterocycles. The van der Waals surface area contributed by atoms with Gasteiger partial charge >= 0.3 is 5.69 Å². The molecule has 7 heteroatoms. The molecule has 2 heterocycles. The molecule has 30 heavy (non-hydrogen) atoms. The molecule has 0 aliphatic carbocycles. The van der Waals surface area contributed by atoms with Gasteiger partial charge in [-0.2, -0.15) is 0 Å². The van der Waals surface area contributed by atoms with Gasteiger partial charge in [0.15, 0.2) is 0 Å². The molecular weight excluding hydrogens is 380 g/mol. The van der Waals surface area contributed by atoms with Gasteiger partial charge in [0.25, 0.3) is 11.5 Å². The maximum absolute atomic E-state index is 13.6. The van der Waals surface area contributed by atoms with Crippen LogP contribution in [0.5, 0.6) is 0 Å². The minimum atomic E-state index is -0.464. The first kappa shape index (κ1) is 20.1. The van der Waals surface area contributed by atoms with Gasteiger partial charge in [0.1, 0.15) is 0 Å². The van der Waals surface area contributed by atoms with Gasteiger partial charge in [-0.3, -0.25) is 14.2 Å². The largest absolute Gasteiger partial charge is 0.328 e. The van der Waals surface area contributed by atoms with Gasteiger partial charge in [0.05, 0.1) is 16.9 Å². The highest BCUT2D eigenvalue weighted by molar-refractivity contribution is 6.08. The quantitative estimate of drug-likeness (QED) is 0.721. The van der Waals surface area contributed by atoms with Gasteiger partial charge in [-0.05, 0) is 63.7 Å². The number of hydrogen-bond donors (Lipinski definition) is 1. The first-order valence-electron chi connectivity index (χ1n) is 10.2. The Bertz CT molecular complexity index is 1230. The Morgan fingerprint density at radius 3 is 2.67 bits per heavy atom. The van der Waals surface area contributed by atoms with Crippen molar-refractivity contribution in [2.45, 2.75) is 32.4 Å². The number of aromatic nitrogens is 2. The summed E-state index contributed by atoms with van der Waals surface area (Å²) in [5.41, 5.74) is 2.11. The predicted octanol–water partition coefficient (Wildman–Crippen LogP) is 2.23. The van der Waals surface area contributed by atoms with Crippen LogP contribution in [-0.4, -0.2) is 47.0 Å². The minimum absolute atomic E-state index is 0.0465. The molecule has 1 atom stereocenters. The van der Waals surface area contributed by atoms with E-state index in [1.54, 1.807) is 25.1 Å². The van der Waals surface area contributed by atoms with E-state index in [1.807, 2.05) is 37.2 Å². The summed E-state index contributed by atoms with van der Waals surface area (Å²) in [6.07, 6.45) is 1.81. The van der Waals surface area contributed by atoms with E-state index in [4.69, 9.17) is 0 Å². The highest BCUT2D eigenvalue weighted by Gasteiger charge is 2.32. The molecule has 1 aromatic heterocycles. The third kappa shape index (κ3) is 3.45. The molecule has 0 bridgehead atoms. The van der Waals surface area contributed by atoms with Gasteiger partial charge in [-0.1, -0.05) is 18.2 Å². The van der Waals surface area contributed by atoms with Crippen molar-refractivity contribution in [1.29, 1.82) is 0 Å². The first-order valence-corrected chi connectivity index (χ1v) is 10.2. The van der Waals surface area contributed by atoms with Crippen LogP contribution in [-0.2, 0) is 13.0 Å². The Morgan fingerprint density at radius 1 is 1.17 bits per heavy atom. The van der Waals surface area contributed by atoms with E-state index in [-0.39, 0.29) is 17.5 Å². The molecule has 3 aromatic rings. The van der Waals surface area contributed by atoms with Gasteiger partial charge < -0.3 is 14.8 Å². The molecule has 1 amide bonds. The van der Waals surface area contributed by atoms with E-state index < -0.39 is 5.69 Å². The van der Waals surface area contributed by atoms with Crippen molar-refractivity contribution in [2.75, 3.05) is 25.5 Å². The van der Waals surface area contributed by atoms with Crippen LogP contribution in [0.4, 0.5) is 5.69 Å². The number of anilines is 1. The number of nitrogens with zero attached hydrogens (tertiary/aromatic N) is 3. The van der Waals surface area contributed by atoms with Crippen molar-refractivity contribution < 1.29 is 4.79 Å². The number of aromatic amines is 1. The Kier molecular flexibility index (Phi) is 5.30. The Balaban J connectivity index is 1.81. The molecule has 4 rings (SSSR count). The molecule has 0 saturated heterocycles. The number of carbonyl (C=O) groups excluding carboxylic acids is 1. The molecule has 1 N–H and O–H groups in total. The fraction of sp³-hybridized carbons (Fsp3) is 0.348. The number of hydrogen-bond acceptors (Lipinski definition) is 4. The molecule has 0 spiro atoms. The summed E-state index contributed by atoms with van der Waals surface area (Å²) >= 11 is 0. The molecule has 0 saturated carbocycles. The monoisotopic (exact) mass is 406 g/mol. The number of fused-ring (bicyclic) bond motifs is 2. The van der Waals surface area contributed by atoms with Crippen LogP contribution >= 0.6 is 0 Å². The minimum Gasteiger partial charge on any atom is -0.307 e. The van der Waals surface area contributed by atoms with Gasteiger partial charge in [0.2, 0.25) is 0 Å². The third-order valence-electron chi connectivity index (χ3n) is 5.70. The summed E-state index contributed by atoms with van der Waals surface area (Å²) in [5, 5.41) is 0.400. The summed E-state index contributed by atoms with van der Waals surface area (Å²) in [6.45, 7) is 2.80. The molecule has 0 radical (unpaired) electrons. The number of para-hydroxylation sites is 1. The first-order chi connectivity index (χ1) is 14.4. The standard InChI is InChI=1S/C23H26N4O3/c1-4-26-22(29)18-12-10-16(13-19(18)24-23(26)30)21(28)27-17(14-25(2)3)11-9-15-7-5-6-8-20(15)27/h5-8,10,12-13,17H,4,9,11,14H2,1-3H3,(H,24,30). The second kappa shape index (κ2) is 7.91. The lowest BCUT2D eigenvalue weighted by molar-refractivity contribution is 0.0968. The van der Waals surface area contributed by atoms with Crippen LogP contribution in [0.25, 0.3) is 10.9 Å². The fourth-order valence-corrected chi connectivity index (χ4v) is 4.29. The molecule has 1 unspecified atom stereocenters. The van der Waals surface area contributed by atoms with Gasteiger partial charge in [-0.25, -0.2) is 4.79 Å². The second-order valence-electron chi connectivity index (χ2n) is 8.00. The second-order valence-corrected chi connectivity index (χ2v) is 8.00. The predicted molar refractivity (Wildman–Crippen MR) is 118 cm³/mol. The molecule has 1 aliphatic rings.